The third kappa shape index (κ3) is 4.49. The lowest BCUT2D eigenvalue weighted by Crippen LogP contribution is -2.50. The van der Waals surface area contributed by atoms with Crippen LogP contribution in [0.3, 0.4) is 0 Å². The average molecular weight is 323 g/mol. The second-order valence-corrected chi connectivity index (χ2v) is 8.00. The monoisotopic (exact) mass is 323 g/mol. The van der Waals surface area contributed by atoms with Crippen molar-refractivity contribution in [2.24, 2.45) is 23.2 Å². The van der Waals surface area contributed by atoms with Crippen LogP contribution in [0.25, 0.3) is 0 Å². The van der Waals surface area contributed by atoms with E-state index >= 15 is 0 Å². The molecule has 1 amide bonds. The summed E-state index contributed by atoms with van der Waals surface area (Å²) < 4.78 is 5.59. The zero-order valence-corrected chi connectivity index (χ0v) is 14.4. The number of aliphatic carboxylic acids is 1. The van der Waals surface area contributed by atoms with Crippen LogP contribution in [-0.4, -0.2) is 29.3 Å². The summed E-state index contributed by atoms with van der Waals surface area (Å²) in [5, 5.41) is 11.8. The molecule has 0 aliphatic heterocycles. The molecule has 0 aromatic heterocycles. The second-order valence-electron chi connectivity index (χ2n) is 8.00. The first-order valence-electron chi connectivity index (χ1n) is 8.55. The van der Waals surface area contributed by atoms with Gasteiger partial charge in [0.05, 0.1) is 0 Å². The van der Waals surface area contributed by atoms with Crippen LogP contribution in [0.4, 0.5) is 4.79 Å². The number of carboxylic acid groups (broad SMARTS) is 1. The largest absolute Gasteiger partial charge is 0.480 e. The standard InChI is InChI=1S/C18H29NO4/c1-5-6-7-8-12-13-9-11(13)10-14(12)23-17(22)19-15(16(20)21)18(2,3)4/h5,11-15H,1,6-10H2,2-4H3,(H,19,22)(H,20,21). The van der Waals surface area contributed by atoms with Crippen molar-refractivity contribution in [2.45, 2.75) is 65.0 Å². The number of carboxylic acids is 1. The van der Waals surface area contributed by atoms with Gasteiger partial charge in [-0.2, -0.15) is 0 Å². The number of ether oxygens (including phenoxy) is 1. The number of hydrogen-bond acceptors (Lipinski definition) is 3. The van der Waals surface area contributed by atoms with Crippen LogP contribution in [-0.2, 0) is 9.53 Å². The molecule has 0 aromatic carbocycles. The number of carbonyl (C=O) groups is 2. The van der Waals surface area contributed by atoms with Crippen molar-refractivity contribution in [3.63, 3.8) is 0 Å². The molecule has 0 bridgehead atoms. The normalized spacial score (nSPS) is 30.2. The van der Waals surface area contributed by atoms with Crippen molar-refractivity contribution in [3.8, 4) is 0 Å². The second kappa shape index (κ2) is 6.93. The lowest BCUT2D eigenvalue weighted by Gasteiger charge is -2.29. The predicted molar refractivity (Wildman–Crippen MR) is 88.0 cm³/mol. The van der Waals surface area contributed by atoms with Crippen LogP contribution in [0.15, 0.2) is 12.7 Å². The number of allylic oxidation sites excluding steroid dienone is 1. The lowest BCUT2D eigenvalue weighted by atomic mass is 9.87. The molecule has 0 heterocycles. The van der Waals surface area contributed by atoms with Gasteiger partial charge in [0.2, 0.25) is 0 Å². The van der Waals surface area contributed by atoms with Gasteiger partial charge in [0, 0.05) is 0 Å². The molecule has 23 heavy (non-hydrogen) atoms. The summed E-state index contributed by atoms with van der Waals surface area (Å²) in [4.78, 5) is 23.5. The van der Waals surface area contributed by atoms with E-state index in [2.05, 4.69) is 11.9 Å². The molecule has 5 heteroatoms. The van der Waals surface area contributed by atoms with Crippen LogP contribution in [0.1, 0.15) is 52.9 Å². The summed E-state index contributed by atoms with van der Waals surface area (Å²) in [5.41, 5.74) is -0.563. The maximum Gasteiger partial charge on any atom is 0.408 e. The van der Waals surface area contributed by atoms with E-state index in [1.165, 1.54) is 6.42 Å². The summed E-state index contributed by atoms with van der Waals surface area (Å²) >= 11 is 0. The molecule has 5 nitrogen and oxygen atoms in total. The number of carbonyl (C=O) groups excluding carboxylic acids is 1. The van der Waals surface area contributed by atoms with Crippen LogP contribution in [0, 0.1) is 23.2 Å². The fraction of sp³-hybridized carbons (Fsp3) is 0.778. The van der Waals surface area contributed by atoms with Gasteiger partial charge in [-0.05, 0) is 55.3 Å². The van der Waals surface area contributed by atoms with Crippen LogP contribution in [0.5, 0.6) is 0 Å². The lowest BCUT2D eigenvalue weighted by molar-refractivity contribution is -0.142. The molecule has 0 saturated heterocycles. The van der Waals surface area contributed by atoms with E-state index in [0.717, 1.165) is 25.7 Å². The van der Waals surface area contributed by atoms with Crippen molar-refractivity contribution >= 4 is 12.1 Å². The summed E-state index contributed by atoms with van der Waals surface area (Å²) in [6.07, 6.45) is 6.51. The molecule has 2 rings (SSSR count). The van der Waals surface area contributed by atoms with Gasteiger partial charge in [-0.25, -0.2) is 9.59 Å². The summed E-state index contributed by atoms with van der Waals surface area (Å²) in [7, 11) is 0. The Morgan fingerprint density at radius 1 is 1.39 bits per heavy atom. The number of amides is 1. The molecule has 2 N–H and O–H groups in total. The molecular weight excluding hydrogens is 294 g/mol. The Kier molecular flexibility index (Phi) is 5.37. The van der Waals surface area contributed by atoms with Crippen LogP contribution in [0.2, 0.25) is 0 Å². The van der Waals surface area contributed by atoms with Crippen molar-refractivity contribution in [3.05, 3.63) is 12.7 Å². The van der Waals surface area contributed by atoms with E-state index in [-0.39, 0.29) is 6.10 Å². The van der Waals surface area contributed by atoms with Crippen LogP contribution < -0.4 is 5.32 Å². The van der Waals surface area contributed by atoms with Crippen LogP contribution >= 0.6 is 0 Å². The minimum Gasteiger partial charge on any atom is -0.480 e. The number of unbranched alkanes of at least 4 members (excludes halogenated alkanes) is 1. The highest BCUT2D eigenvalue weighted by molar-refractivity contribution is 5.80. The molecule has 2 saturated carbocycles. The highest BCUT2D eigenvalue weighted by atomic mass is 16.6. The number of hydrogen-bond donors (Lipinski definition) is 2. The highest BCUT2D eigenvalue weighted by Gasteiger charge is 2.54. The molecule has 2 aliphatic carbocycles. The van der Waals surface area contributed by atoms with E-state index in [0.29, 0.717) is 17.8 Å². The maximum absolute atomic E-state index is 12.1. The number of nitrogens with one attached hydrogen (secondary N) is 1. The fourth-order valence-corrected chi connectivity index (χ4v) is 3.79. The van der Waals surface area contributed by atoms with Gasteiger partial charge < -0.3 is 15.2 Å². The molecule has 2 aliphatic rings. The van der Waals surface area contributed by atoms with Crippen molar-refractivity contribution in [2.75, 3.05) is 0 Å². The molecule has 0 spiro atoms. The maximum atomic E-state index is 12.1. The van der Waals surface area contributed by atoms with E-state index < -0.39 is 23.5 Å². The Labute approximate surface area is 138 Å². The SMILES string of the molecule is C=CCCCC1C(OC(=O)NC(C(=O)O)C(C)(C)C)CC2CC21. The summed E-state index contributed by atoms with van der Waals surface area (Å²) in [6, 6.07) is -0.954. The van der Waals surface area contributed by atoms with Gasteiger partial charge >= 0.3 is 12.1 Å². The first kappa shape index (κ1) is 17.8. The van der Waals surface area contributed by atoms with E-state index in [1.807, 2.05) is 6.08 Å². The van der Waals surface area contributed by atoms with E-state index in [9.17, 15) is 14.7 Å². The third-order valence-electron chi connectivity index (χ3n) is 5.12. The van der Waals surface area contributed by atoms with Gasteiger partial charge in [-0.3, -0.25) is 0 Å². The Hall–Kier alpha value is -1.52. The van der Waals surface area contributed by atoms with Crippen molar-refractivity contribution < 1.29 is 19.4 Å². The number of fused-ring (bicyclic) bond motifs is 1. The Balaban J connectivity index is 1.88. The van der Waals surface area contributed by atoms with Gasteiger partial charge in [0.25, 0.3) is 0 Å². The van der Waals surface area contributed by atoms with E-state index in [4.69, 9.17) is 4.74 Å². The fourth-order valence-electron chi connectivity index (χ4n) is 3.79. The molecule has 0 radical (unpaired) electrons. The van der Waals surface area contributed by atoms with Gasteiger partial charge in [0.1, 0.15) is 12.1 Å². The molecule has 130 valence electrons. The Morgan fingerprint density at radius 2 is 2.09 bits per heavy atom. The molecule has 0 aromatic rings. The topological polar surface area (TPSA) is 75.6 Å². The van der Waals surface area contributed by atoms with Gasteiger partial charge in [-0.1, -0.05) is 26.8 Å². The third-order valence-corrected chi connectivity index (χ3v) is 5.12. The molecule has 5 atom stereocenters. The average Bonchev–Trinajstić information content (AvgIpc) is 3.11. The molecule has 5 unspecified atom stereocenters. The zero-order valence-electron chi connectivity index (χ0n) is 14.4. The first-order chi connectivity index (χ1) is 10.7. The number of alkyl carbamates (subject to hydrolysis) is 1. The smallest absolute Gasteiger partial charge is 0.408 e. The summed E-state index contributed by atoms with van der Waals surface area (Å²) in [6.45, 7) is 9.10. The minimum absolute atomic E-state index is 0.0713. The van der Waals surface area contributed by atoms with Gasteiger partial charge in [-0.15, -0.1) is 6.58 Å². The van der Waals surface area contributed by atoms with Crippen molar-refractivity contribution in [1.29, 1.82) is 0 Å². The summed E-state index contributed by atoms with van der Waals surface area (Å²) in [5.74, 6) is 0.768. The minimum atomic E-state index is -1.04. The Bertz CT molecular complexity index is 468. The Morgan fingerprint density at radius 3 is 2.65 bits per heavy atom. The quantitative estimate of drug-likeness (QED) is 0.554. The number of rotatable bonds is 7. The predicted octanol–water partition coefficient (Wildman–Crippen LogP) is 3.59. The van der Waals surface area contributed by atoms with Gasteiger partial charge in [0.15, 0.2) is 0 Å². The molecular formula is C18H29NO4. The molecule has 2 fully saturated rings. The zero-order chi connectivity index (χ0) is 17.2. The first-order valence-corrected chi connectivity index (χ1v) is 8.55. The van der Waals surface area contributed by atoms with Crippen molar-refractivity contribution in [1.82, 2.24) is 5.32 Å². The van der Waals surface area contributed by atoms with E-state index in [1.54, 1.807) is 20.8 Å². The highest BCUT2D eigenvalue weighted by Crippen LogP contribution is 2.57.